The number of halogens is 1. The van der Waals surface area contributed by atoms with Crippen LogP contribution >= 0.6 is 22.6 Å². The van der Waals surface area contributed by atoms with Crippen molar-refractivity contribution in [1.82, 2.24) is 9.80 Å². The minimum Gasteiger partial charge on any atom is -0.488 e. The number of imide groups is 2. The van der Waals surface area contributed by atoms with E-state index >= 15 is 0 Å². The van der Waals surface area contributed by atoms with Gasteiger partial charge in [-0.05, 0) is 64.1 Å². The maximum atomic E-state index is 12.3. The molecule has 1 N–H and O–H groups in total. The first-order chi connectivity index (χ1) is 14.2. The second-order valence-electron chi connectivity index (χ2n) is 6.55. The van der Waals surface area contributed by atoms with Gasteiger partial charge < -0.3 is 9.84 Å². The van der Waals surface area contributed by atoms with Gasteiger partial charge >= 0.3 is 12.0 Å². The second-order valence-corrected chi connectivity index (χ2v) is 7.71. The average Bonchev–Trinajstić information content (AvgIpc) is 2.73. The SMILES string of the molecule is CN1C(=O)C(=Cc2ccc(OCc3ccc(C(=O)O)cc3)c(I)c2)C(=O)N(C)C1=O. The molecule has 1 aliphatic heterocycles. The van der Waals surface area contributed by atoms with Crippen molar-refractivity contribution in [2.45, 2.75) is 6.61 Å². The number of hydrogen-bond donors (Lipinski definition) is 1. The fraction of sp³-hybridized carbons (Fsp3) is 0.143. The van der Waals surface area contributed by atoms with Crippen molar-refractivity contribution in [1.29, 1.82) is 0 Å². The van der Waals surface area contributed by atoms with E-state index in [1.807, 2.05) is 0 Å². The fourth-order valence-corrected chi connectivity index (χ4v) is 3.47. The lowest BCUT2D eigenvalue weighted by Gasteiger charge is -2.28. The van der Waals surface area contributed by atoms with Crippen molar-refractivity contribution >= 4 is 52.5 Å². The van der Waals surface area contributed by atoms with Crippen LogP contribution < -0.4 is 4.74 Å². The Morgan fingerprint density at radius 2 is 1.63 bits per heavy atom. The molecule has 0 saturated carbocycles. The summed E-state index contributed by atoms with van der Waals surface area (Å²) in [5.74, 6) is -1.68. The molecule has 9 heteroatoms. The lowest BCUT2D eigenvalue weighted by Crippen LogP contribution is -2.52. The Hall–Kier alpha value is -3.21. The number of aromatic carboxylic acids is 1. The molecule has 4 amide bonds. The van der Waals surface area contributed by atoms with Gasteiger partial charge in [-0.1, -0.05) is 18.2 Å². The van der Waals surface area contributed by atoms with E-state index in [0.717, 1.165) is 18.9 Å². The number of carbonyl (C=O) groups excluding carboxylic acids is 3. The summed E-state index contributed by atoms with van der Waals surface area (Å²) >= 11 is 2.08. The van der Waals surface area contributed by atoms with Crippen LogP contribution in [0.2, 0.25) is 0 Å². The van der Waals surface area contributed by atoms with Gasteiger partial charge in [-0.3, -0.25) is 19.4 Å². The van der Waals surface area contributed by atoms with Crippen molar-refractivity contribution in [3.8, 4) is 5.75 Å². The number of carboxylic acid groups (broad SMARTS) is 1. The van der Waals surface area contributed by atoms with E-state index in [1.165, 1.54) is 32.3 Å². The molecule has 2 aromatic rings. The van der Waals surface area contributed by atoms with E-state index in [0.29, 0.717) is 11.3 Å². The van der Waals surface area contributed by atoms with Crippen molar-refractivity contribution < 1.29 is 29.0 Å². The number of barbiturate groups is 1. The van der Waals surface area contributed by atoms with E-state index in [1.54, 1.807) is 30.3 Å². The van der Waals surface area contributed by atoms with Crippen molar-refractivity contribution in [3.05, 3.63) is 68.3 Å². The van der Waals surface area contributed by atoms with Gasteiger partial charge in [0.2, 0.25) is 0 Å². The summed E-state index contributed by atoms with van der Waals surface area (Å²) in [6.07, 6.45) is 1.45. The van der Waals surface area contributed by atoms with Crippen LogP contribution in [0.25, 0.3) is 6.08 Å². The average molecular weight is 520 g/mol. The van der Waals surface area contributed by atoms with Crippen LogP contribution in [0.4, 0.5) is 4.79 Å². The molecular formula is C21H17IN2O6. The second kappa shape index (κ2) is 8.66. The Labute approximate surface area is 185 Å². The Morgan fingerprint density at radius 3 is 2.17 bits per heavy atom. The van der Waals surface area contributed by atoms with Gasteiger partial charge in [-0.2, -0.15) is 0 Å². The van der Waals surface area contributed by atoms with E-state index in [9.17, 15) is 19.2 Å². The van der Waals surface area contributed by atoms with Crippen LogP contribution in [0.15, 0.2) is 48.0 Å². The number of amides is 4. The molecular weight excluding hydrogens is 503 g/mol. The first-order valence-electron chi connectivity index (χ1n) is 8.75. The molecule has 0 atom stereocenters. The number of urea groups is 1. The predicted octanol–water partition coefficient (Wildman–Crippen LogP) is 3.00. The maximum Gasteiger partial charge on any atom is 0.335 e. The third kappa shape index (κ3) is 4.35. The van der Waals surface area contributed by atoms with E-state index in [-0.39, 0.29) is 17.7 Å². The van der Waals surface area contributed by atoms with Crippen molar-refractivity contribution in [2.24, 2.45) is 0 Å². The van der Waals surface area contributed by atoms with E-state index in [4.69, 9.17) is 9.84 Å². The highest BCUT2D eigenvalue weighted by molar-refractivity contribution is 14.1. The first kappa shape index (κ1) is 21.5. The molecule has 2 aromatic carbocycles. The molecule has 0 radical (unpaired) electrons. The molecule has 1 saturated heterocycles. The van der Waals surface area contributed by atoms with Crippen LogP contribution in [0.1, 0.15) is 21.5 Å². The molecule has 8 nitrogen and oxygen atoms in total. The molecule has 0 bridgehead atoms. The molecule has 1 heterocycles. The normalized spacial score (nSPS) is 14.2. The lowest BCUT2D eigenvalue weighted by atomic mass is 10.1. The molecule has 1 aliphatic rings. The maximum absolute atomic E-state index is 12.3. The zero-order chi connectivity index (χ0) is 22.0. The highest BCUT2D eigenvalue weighted by Gasteiger charge is 2.37. The summed E-state index contributed by atoms with van der Waals surface area (Å²) in [4.78, 5) is 49.1. The number of rotatable bonds is 5. The topological polar surface area (TPSA) is 104 Å². The van der Waals surface area contributed by atoms with Crippen LogP contribution in [0.3, 0.4) is 0 Å². The lowest BCUT2D eigenvalue weighted by molar-refractivity contribution is -0.134. The minimum atomic E-state index is -0.988. The summed E-state index contributed by atoms with van der Waals surface area (Å²) < 4.78 is 6.55. The minimum absolute atomic E-state index is 0.0948. The number of hydrogen-bond acceptors (Lipinski definition) is 5. The summed E-state index contributed by atoms with van der Waals surface area (Å²) in [7, 11) is 2.65. The summed E-state index contributed by atoms with van der Waals surface area (Å²) in [5, 5.41) is 8.94. The third-order valence-electron chi connectivity index (χ3n) is 4.51. The summed E-state index contributed by atoms with van der Waals surface area (Å²) in [6.45, 7) is 0.255. The number of nitrogens with zero attached hydrogens (tertiary/aromatic N) is 2. The fourth-order valence-electron chi connectivity index (χ4n) is 2.77. The number of ether oxygens (including phenoxy) is 1. The number of likely N-dealkylation sites (N-methyl/N-ethyl adjacent to an activating group) is 2. The van der Waals surface area contributed by atoms with Crippen molar-refractivity contribution in [2.75, 3.05) is 14.1 Å². The smallest absolute Gasteiger partial charge is 0.335 e. The molecule has 0 spiro atoms. The van der Waals surface area contributed by atoms with E-state index in [2.05, 4.69) is 22.6 Å². The van der Waals surface area contributed by atoms with Crippen LogP contribution in [-0.2, 0) is 16.2 Å². The Balaban J connectivity index is 1.75. The molecule has 3 rings (SSSR count). The summed E-state index contributed by atoms with van der Waals surface area (Å²) in [5.41, 5.74) is 1.54. The first-order valence-corrected chi connectivity index (χ1v) is 9.83. The zero-order valence-electron chi connectivity index (χ0n) is 16.1. The van der Waals surface area contributed by atoms with Gasteiger partial charge in [0, 0.05) is 14.1 Å². The van der Waals surface area contributed by atoms with Crippen LogP contribution in [0, 0.1) is 3.57 Å². The van der Waals surface area contributed by atoms with Crippen molar-refractivity contribution in [3.63, 3.8) is 0 Å². The number of carboxylic acids is 1. The van der Waals surface area contributed by atoms with Crippen LogP contribution in [-0.4, -0.2) is 52.8 Å². The Bertz CT molecular complexity index is 1050. The van der Waals surface area contributed by atoms with Gasteiger partial charge in [0.05, 0.1) is 9.13 Å². The monoisotopic (exact) mass is 520 g/mol. The number of benzene rings is 2. The standard InChI is InChI=1S/C21H17IN2O6/c1-23-18(25)15(19(26)24(2)21(23)29)9-13-5-8-17(16(22)10-13)30-11-12-3-6-14(7-4-12)20(27)28/h3-10H,11H2,1-2H3,(H,27,28). The Morgan fingerprint density at radius 1 is 1.03 bits per heavy atom. The zero-order valence-corrected chi connectivity index (χ0v) is 18.2. The van der Waals surface area contributed by atoms with Gasteiger partial charge in [0.25, 0.3) is 11.8 Å². The molecule has 154 valence electrons. The highest BCUT2D eigenvalue weighted by atomic mass is 127. The quantitative estimate of drug-likeness (QED) is 0.370. The number of carbonyl (C=O) groups is 4. The van der Waals surface area contributed by atoms with E-state index < -0.39 is 23.8 Å². The molecule has 0 aromatic heterocycles. The molecule has 1 fully saturated rings. The van der Waals surface area contributed by atoms with Gasteiger partial charge in [-0.25, -0.2) is 9.59 Å². The summed E-state index contributed by atoms with van der Waals surface area (Å²) in [6, 6.07) is 10.9. The third-order valence-corrected chi connectivity index (χ3v) is 5.35. The molecule has 30 heavy (non-hydrogen) atoms. The molecule has 0 unspecified atom stereocenters. The molecule has 0 aliphatic carbocycles. The highest BCUT2D eigenvalue weighted by Crippen LogP contribution is 2.25. The van der Waals surface area contributed by atoms with Gasteiger partial charge in [-0.15, -0.1) is 0 Å². The predicted molar refractivity (Wildman–Crippen MR) is 116 cm³/mol. The Kier molecular flexibility index (Phi) is 6.20. The van der Waals surface area contributed by atoms with Gasteiger partial charge in [0.1, 0.15) is 17.9 Å². The van der Waals surface area contributed by atoms with Crippen LogP contribution in [0.5, 0.6) is 5.75 Å². The van der Waals surface area contributed by atoms with Gasteiger partial charge in [0.15, 0.2) is 0 Å². The largest absolute Gasteiger partial charge is 0.488 e.